The summed E-state index contributed by atoms with van der Waals surface area (Å²) in [5.41, 5.74) is 3.42. The molecule has 0 bridgehead atoms. The van der Waals surface area contributed by atoms with Crippen molar-refractivity contribution >= 4 is 0 Å². The van der Waals surface area contributed by atoms with E-state index in [1.54, 1.807) is 0 Å². The Morgan fingerprint density at radius 3 is 1.82 bits per heavy atom. The summed E-state index contributed by atoms with van der Waals surface area (Å²) >= 11 is 0. The SMILES string of the molecule is CC1(C)[C@]2(c3ccccc3)[C@@H]3[C@@H](C[C@@H]3O)[C@@]12c1ccccc1. The third-order valence-corrected chi connectivity index (χ3v) is 7.39. The van der Waals surface area contributed by atoms with Crippen LogP contribution >= 0.6 is 0 Å². The third kappa shape index (κ3) is 0.980. The summed E-state index contributed by atoms with van der Waals surface area (Å²) in [4.78, 5) is 0. The Labute approximate surface area is 132 Å². The standard InChI is InChI=1S/C21H22O/c1-19(2)20(14-9-5-3-6-10-14)16-13-17(22)18(16)21(19,20)15-11-7-4-8-12-15/h3-12,16-18,22H,13H2,1-2H3/t16-,17+,18-,20+,21+/m1/s1. The molecule has 3 aliphatic rings. The molecular formula is C21H22O. The van der Waals surface area contributed by atoms with Crippen LogP contribution in [0.2, 0.25) is 0 Å². The average Bonchev–Trinajstić information content (AvgIpc) is 2.91. The second-order valence-electron chi connectivity index (χ2n) is 7.91. The molecule has 112 valence electrons. The van der Waals surface area contributed by atoms with E-state index in [2.05, 4.69) is 74.5 Å². The fourth-order valence-corrected chi connectivity index (χ4v) is 6.93. The zero-order valence-corrected chi connectivity index (χ0v) is 13.2. The number of hydrogen-bond donors (Lipinski definition) is 1. The van der Waals surface area contributed by atoms with Crippen molar-refractivity contribution in [2.24, 2.45) is 17.3 Å². The molecule has 22 heavy (non-hydrogen) atoms. The Balaban J connectivity index is 1.76. The maximum atomic E-state index is 10.5. The molecule has 2 aromatic rings. The van der Waals surface area contributed by atoms with Crippen LogP contribution in [0.25, 0.3) is 0 Å². The van der Waals surface area contributed by atoms with Gasteiger partial charge in [0.05, 0.1) is 6.10 Å². The molecule has 0 amide bonds. The second-order valence-corrected chi connectivity index (χ2v) is 7.91. The topological polar surface area (TPSA) is 20.2 Å². The van der Waals surface area contributed by atoms with Crippen LogP contribution in [0.4, 0.5) is 0 Å². The molecule has 0 aliphatic heterocycles. The molecule has 3 fully saturated rings. The minimum atomic E-state index is -0.121. The van der Waals surface area contributed by atoms with Crippen LogP contribution < -0.4 is 0 Å². The minimum Gasteiger partial charge on any atom is -0.393 e. The van der Waals surface area contributed by atoms with E-state index in [1.165, 1.54) is 11.1 Å². The summed E-state index contributed by atoms with van der Waals surface area (Å²) in [6.07, 6.45) is 0.848. The van der Waals surface area contributed by atoms with E-state index in [0.29, 0.717) is 11.8 Å². The number of aliphatic hydroxyl groups is 1. The number of benzene rings is 2. The van der Waals surface area contributed by atoms with E-state index in [1.807, 2.05) is 0 Å². The van der Waals surface area contributed by atoms with E-state index in [-0.39, 0.29) is 22.3 Å². The quantitative estimate of drug-likeness (QED) is 0.889. The molecular weight excluding hydrogens is 268 g/mol. The Morgan fingerprint density at radius 1 is 0.818 bits per heavy atom. The third-order valence-electron chi connectivity index (χ3n) is 7.39. The van der Waals surface area contributed by atoms with Gasteiger partial charge in [-0.05, 0) is 34.8 Å². The van der Waals surface area contributed by atoms with Crippen LogP contribution in [-0.2, 0) is 10.8 Å². The lowest BCUT2D eigenvalue weighted by Gasteiger charge is -2.61. The molecule has 3 saturated carbocycles. The Bertz CT molecular complexity index is 735. The van der Waals surface area contributed by atoms with Crippen LogP contribution in [0, 0.1) is 17.3 Å². The monoisotopic (exact) mass is 290 g/mol. The van der Waals surface area contributed by atoms with Gasteiger partial charge < -0.3 is 5.11 Å². The molecule has 1 N–H and O–H groups in total. The molecule has 0 aromatic heterocycles. The van der Waals surface area contributed by atoms with Gasteiger partial charge in [-0.25, -0.2) is 0 Å². The van der Waals surface area contributed by atoms with Gasteiger partial charge in [0.2, 0.25) is 0 Å². The smallest absolute Gasteiger partial charge is 0.0583 e. The van der Waals surface area contributed by atoms with Crippen LogP contribution in [0.3, 0.4) is 0 Å². The number of fused-ring (bicyclic) bond motifs is 4. The van der Waals surface area contributed by atoms with Gasteiger partial charge in [0.25, 0.3) is 0 Å². The van der Waals surface area contributed by atoms with Gasteiger partial charge in [-0.3, -0.25) is 0 Å². The highest BCUT2D eigenvalue weighted by Gasteiger charge is 2.98. The number of hydrogen-bond acceptors (Lipinski definition) is 1. The van der Waals surface area contributed by atoms with Crippen molar-refractivity contribution in [1.29, 1.82) is 0 Å². The Kier molecular flexibility index (Phi) is 2.14. The molecule has 3 aliphatic carbocycles. The molecule has 5 atom stereocenters. The summed E-state index contributed by atoms with van der Waals surface area (Å²) in [5, 5.41) is 10.5. The summed E-state index contributed by atoms with van der Waals surface area (Å²) in [5.74, 6) is 1.07. The van der Waals surface area contributed by atoms with Gasteiger partial charge in [0.1, 0.15) is 0 Å². The fraction of sp³-hybridized carbons (Fsp3) is 0.429. The number of rotatable bonds is 2. The van der Waals surface area contributed by atoms with E-state index in [4.69, 9.17) is 0 Å². The maximum absolute atomic E-state index is 10.5. The molecule has 1 heteroatoms. The lowest BCUT2D eigenvalue weighted by Crippen LogP contribution is -2.64. The highest BCUT2D eigenvalue weighted by Crippen LogP contribution is 2.96. The zero-order valence-electron chi connectivity index (χ0n) is 13.2. The number of aliphatic hydroxyl groups excluding tert-OH is 1. The van der Waals surface area contributed by atoms with Crippen molar-refractivity contribution in [3.63, 3.8) is 0 Å². The van der Waals surface area contributed by atoms with Crippen LogP contribution in [0.1, 0.15) is 31.4 Å². The Morgan fingerprint density at radius 2 is 1.32 bits per heavy atom. The molecule has 0 saturated heterocycles. The lowest BCUT2D eigenvalue weighted by atomic mass is 9.43. The summed E-state index contributed by atoms with van der Waals surface area (Å²) in [6.45, 7) is 4.83. The summed E-state index contributed by atoms with van der Waals surface area (Å²) in [6, 6.07) is 22.0. The largest absolute Gasteiger partial charge is 0.393 e. The van der Waals surface area contributed by atoms with Crippen molar-refractivity contribution in [3.8, 4) is 0 Å². The molecule has 0 unspecified atom stereocenters. The predicted molar refractivity (Wildman–Crippen MR) is 87.6 cm³/mol. The van der Waals surface area contributed by atoms with Gasteiger partial charge in [-0.1, -0.05) is 74.5 Å². The van der Waals surface area contributed by atoms with Crippen molar-refractivity contribution in [1.82, 2.24) is 0 Å². The first-order chi connectivity index (χ1) is 10.6. The van der Waals surface area contributed by atoms with Gasteiger partial charge in [0, 0.05) is 10.8 Å². The van der Waals surface area contributed by atoms with E-state index in [0.717, 1.165) is 6.42 Å². The van der Waals surface area contributed by atoms with Crippen LogP contribution in [-0.4, -0.2) is 11.2 Å². The molecule has 5 rings (SSSR count). The Hall–Kier alpha value is -1.60. The average molecular weight is 290 g/mol. The van der Waals surface area contributed by atoms with E-state index < -0.39 is 0 Å². The first-order valence-corrected chi connectivity index (χ1v) is 8.39. The van der Waals surface area contributed by atoms with Crippen molar-refractivity contribution in [2.75, 3.05) is 0 Å². The predicted octanol–water partition coefficient (Wildman–Crippen LogP) is 3.91. The van der Waals surface area contributed by atoms with Crippen LogP contribution in [0.5, 0.6) is 0 Å². The van der Waals surface area contributed by atoms with Crippen molar-refractivity contribution in [3.05, 3.63) is 71.8 Å². The zero-order chi connectivity index (χ0) is 15.2. The van der Waals surface area contributed by atoms with Gasteiger partial charge in [-0.15, -0.1) is 0 Å². The summed E-state index contributed by atoms with van der Waals surface area (Å²) in [7, 11) is 0. The second kappa shape index (κ2) is 3.65. The van der Waals surface area contributed by atoms with Gasteiger partial charge in [-0.2, -0.15) is 0 Å². The molecule has 1 nitrogen and oxygen atoms in total. The molecule has 0 radical (unpaired) electrons. The van der Waals surface area contributed by atoms with E-state index in [9.17, 15) is 5.11 Å². The normalized spacial score (nSPS) is 43.3. The minimum absolute atomic E-state index is 0.116. The molecule has 0 spiro atoms. The highest BCUT2D eigenvalue weighted by atomic mass is 16.3. The van der Waals surface area contributed by atoms with Gasteiger partial charge in [0.15, 0.2) is 0 Å². The highest BCUT2D eigenvalue weighted by molar-refractivity contribution is 5.65. The van der Waals surface area contributed by atoms with Crippen LogP contribution in [0.15, 0.2) is 60.7 Å². The fourth-order valence-electron chi connectivity index (χ4n) is 6.93. The first kappa shape index (κ1) is 12.9. The van der Waals surface area contributed by atoms with Crippen molar-refractivity contribution in [2.45, 2.75) is 37.2 Å². The van der Waals surface area contributed by atoms with E-state index >= 15 is 0 Å². The lowest BCUT2D eigenvalue weighted by molar-refractivity contribution is -0.133. The summed E-state index contributed by atoms with van der Waals surface area (Å²) < 4.78 is 0. The molecule has 2 aromatic carbocycles. The maximum Gasteiger partial charge on any atom is 0.0583 e. The van der Waals surface area contributed by atoms with Crippen molar-refractivity contribution < 1.29 is 5.11 Å². The van der Waals surface area contributed by atoms with Gasteiger partial charge >= 0.3 is 0 Å². The molecule has 0 heterocycles. The first-order valence-electron chi connectivity index (χ1n) is 8.39.